The first-order valence-electron chi connectivity index (χ1n) is 5.36. The molecule has 106 valence electrons. The Bertz CT molecular complexity index is 463. The number of thioether (sulfide) groups is 1. The van der Waals surface area contributed by atoms with E-state index >= 15 is 0 Å². The minimum absolute atomic E-state index is 0.213. The normalized spacial score (nSPS) is 27.0. The van der Waals surface area contributed by atoms with Gasteiger partial charge in [0.25, 0.3) is 0 Å². The molecule has 0 aliphatic carbocycles. The summed E-state index contributed by atoms with van der Waals surface area (Å²) in [6.07, 6.45) is 0. The summed E-state index contributed by atoms with van der Waals surface area (Å²) < 4.78 is 3.24. The van der Waals surface area contributed by atoms with Crippen LogP contribution in [0.2, 0.25) is 0 Å². The fraction of sp³-hybridized carbons (Fsp3) is 0.600. The van der Waals surface area contributed by atoms with Crippen LogP contribution in [0.15, 0.2) is 11.3 Å². The number of β-lactam (4-membered cyclic amide) rings is 1. The van der Waals surface area contributed by atoms with Gasteiger partial charge in [0.2, 0.25) is 9.70 Å². The summed E-state index contributed by atoms with van der Waals surface area (Å²) in [6, 6.07) is -0.575. The maximum absolute atomic E-state index is 12.0. The summed E-state index contributed by atoms with van der Waals surface area (Å²) in [4.78, 5) is 25.1. The van der Waals surface area contributed by atoms with E-state index in [2.05, 4.69) is 0 Å². The van der Waals surface area contributed by atoms with Gasteiger partial charge in [-0.05, 0) is 12.5 Å². The predicted molar refractivity (Wildman–Crippen MR) is 75.0 cm³/mol. The average molecular weight is 346 g/mol. The number of nitrogens with zero attached hydrogens (tertiary/aromatic N) is 1. The zero-order chi connectivity index (χ0) is 14.4. The van der Waals surface area contributed by atoms with Gasteiger partial charge in [-0.25, -0.2) is 4.79 Å². The van der Waals surface area contributed by atoms with Gasteiger partial charge in [0.05, 0.1) is 0 Å². The molecular formula is C10H11Cl3N2O3S. The van der Waals surface area contributed by atoms with E-state index in [1.165, 1.54) is 16.7 Å². The Morgan fingerprint density at radius 1 is 1.58 bits per heavy atom. The molecule has 1 fully saturated rings. The van der Waals surface area contributed by atoms with Crippen molar-refractivity contribution >= 4 is 58.4 Å². The smallest absolute Gasteiger partial charge is 0.355 e. The first-order chi connectivity index (χ1) is 8.72. The zero-order valence-electron chi connectivity index (χ0n) is 9.86. The SMILES string of the molecule is CC1=C(C(=O)OCC(Cl)(Cl)Cl)N2C(=O)[C@H](N)[C@@H]2SC1. The van der Waals surface area contributed by atoms with Crippen molar-refractivity contribution < 1.29 is 14.3 Å². The summed E-state index contributed by atoms with van der Waals surface area (Å²) in [6.45, 7) is 1.38. The molecule has 2 atom stereocenters. The third kappa shape index (κ3) is 2.97. The van der Waals surface area contributed by atoms with E-state index < -0.39 is 15.8 Å². The molecule has 5 nitrogen and oxygen atoms in total. The molecule has 2 rings (SSSR count). The lowest BCUT2D eigenvalue weighted by Gasteiger charge is -2.48. The Labute approximate surface area is 129 Å². The van der Waals surface area contributed by atoms with Gasteiger partial charge in [0.1, 0.15) is 23.7 Å². The van der Waals surface area contributed by atoms with Crippen molar-refractivity contribution in [2.75, 3.05) is 12.4 Å². The van der Waals surface area contributed by atoms with Crippen LogP contribution < -0.4 is 5.73 Å². The van der Waals surface area contributed by atoms with Gasteiger partial charge >= 0.3 is 5.97 Å². The number of hydrogen-bond donors (Lipinski definition) is 1. The molecule has 2 aliphatic heterocycles. The molecule has 0 radical (unpaired) electrons. The third-order valence-electron chi connectivity index (χ3n) is 2.76. The number of carbonyl (C=O) groups excluding carboxylic acids is 2. The first kappa shape index (κ1) is 15.3. The van der Waals surface area contributed by atoms with Crippen LogP contribution in [0, 0.1) is 0 Å². The maximum Gasteiger partial charge on any atom is 0.355 e. The molecule has 9 heteroatoms. The van der Waals surface area contributed by atoms with Crippen LogP contribution in [-0.4, -0.2) is 44.3 Å². The molecule has 0 aromatic heterocycles. The summed E-state index contributed by atoms with van der Waals surface area (Å²) >= 11 is 18.1. The number of amides is 1. The van der Waals surface area contributed by atoms with E-state index in [0.717, 1.165) is 5.57 Å². The summed E-state index contributed by atoms with van der Waals surface area (Å²) in [5.74, 6) is -0.355. The maximum atomic E-state index is 12.0. The highest BCUT2D eigenvalue weighted by molar-refractivity contribution is 8.00. The molecule has 0 saturated carbocycles. The standard InChI is InChI=1S/C10H11Cl3N2O3S/c1-4-2-19-8-5(14)7(16)15(8)6(4)9(17)18-3-10(11,12)13/h5,8H,2-3,14H2,1H3/t5-,8-/m0/s1. The molecule has 2 N–H and O–H groups in total. The van der Waals surface area contributed by atoms with Crippen LogP contribution in [0.4, 0.5) is 0 Å². The molecule has 0 aromatic carbocycles. The molecule has 0 unspecified atom stereocenters. The lowest BCUT2D eigenvalue weighted by Crippen LogP contribution is -2.68. The fourth-order valence-corrected chi connectivity index (χ4v) is 3.28. The predicted octanol–water partition coefficient (Wildman–Crippen LogP) is 1.42. The second kappa shape index (κ2) is 5.33. The second-order valence-electron chi connectivity index (χ2n) is 4.26. The monoisotopic (exact) mass is 344 g/mol. The van der Waals surface area contributed by atoms with Gasteiger partial charge in [-0.2, -0.15) is 0 Å². The molecule has 0 spiro atoms. The number of fused-ring (bicyclic) bond motifs is 1. The van der Waals surface area contributed by atoms with Crippen molar-refractivity contribution in [3.8, 4) is 0 Å². The second-order valence-corrected chi connectivity index (χ2v) is 7.88. The van der Waals surface area contributed by atoms with Gasteiger partial charge in [0.15, 0.2) is 0 Å². The average Bonchev–Trinajstić information content (AvgIpc) is 2.33. The highest BCUT2D eigenvalue weighted by Gasteiger charge is 2.51. The number of hydrogen-bond acceptors (Lipinski definition) is 5. The molecule has 2 aliphatic rings. The summed E-state index contributed by atoms with van der Waals surface area (Å²) in [5.41, 5.74) is 6.64. The number of esters is 1. The van der Waals surface area contributed by atoms with E-state index in [1.807, 2.05) is 0 Å². The zero-order valence-corrected chi connectivity index (χ0v) is 12.9. The van der Waals surface area contributed by atoms with Crippen molar-refractivity contribution in [2.24, 2.45) is 5.73 Å². The Balaban J connectivity index is 2.13. The van der Waals surface area contributed by atoms with Crippen LogP contribution in [0.25, 0.3) is 0 Å². The highest BCUT2D eigenvalue weighted by Crippen LogP contribution is 2.39. The van der Waals surface area contributed by atoms with Gasteiger partial charge < -0.3 is 10.5 Å². The molecule has 19 heavy (non-hydrogen) atoms. The third-order valence-corrected chi connectivity index (χ3v) is 4.53. The minimum atomic E-state index is -1.68. The highest BCUT2D eigenvalue weighted by atomic mass is 35.6. The van der Waals surface area contributed by atoms with E-state index in [0.29, 0.717) is 5.75 Å². The molecule has 1 saturated heterocycles. The van der Waals surface area contributed by atoms with Gasteiger partial charge in [0, 0.05) is 5.75 Å². The van der Waals surface area contributed by atoms with Crippen LogP contribution in [0.1, 0.15) is 6.92 Å². The van der Waals surface area contributed by atoms with Crippen LogP contribution in [0.3, 0.4) is 0 Å². The van der Waals surface area contributed by atoms with Crippen LogP contribution in [0.5, 0.6) is 0 Å². The van der Waals surface area contributed by atoms with E-state index in [-0.39, 0.29) is 23.6 Å². The lowest BCUT2D eigenvalue weighted by molar-refractivity contribution is -0.150. The van der Waals surface area contributed by atoms with E-state index in [9.17, 15) is 9.59 Å². The van der Waals surface area contributed by atoms with Crippen molar-refractivity contribution in [2.45, 2.75) is 22.1 Å². The Hall–Kier alpha value is -0.140. The quantitative estimate of drug-likeness (QED) is 0.465. The number of alkyl halides is 3. The van der Waals surface area contributed by atoms with Crippen LogP contribution >= 0.6 is 46.6 Å². The Kier molecular flexibility index (Phi) is 4.28. The molecular weight excluding hydrogens is 335 g/mol. The van der Waals surface area contributed by atoms with Gasteiger partial charge in [-0.15, -0.1) is 11.8 Å². The lowest BCUT2D eigenvalue weighted by atomic mass is 10.0. The first-order valence-corrected chi connectivity index (χ1v) is 7.54. The summed E-state index contributed by atoms with van der Waals surface area (Å²) in [5, 5.41) is -0.216. The Morgan fingerprint density at radius 3 is 2.79 bits per heavy atom. The van der Waals surface area contributed by atoms with Crippen LogP contribution in [-0.2, 0) is 14.3 Å². The largest absolute Gasteiger partial charge is 0.456 e. The molecule has 0 bridgehead atoms. The van der Waals surface area contributed by atoms with E-state index in [4.69, 9.17) is 45.3 Å². The molecule has 2 heterocycles. The van der Waals surface area contributed by atoms with Crippen molar-refractivity contribution in [3.63, 3.8) is 0 Å². The topological polar surface area (TPSA) is 72.6 Å². The Morgan fingerprint density at radius 2 is 2.21 bits per heavy atom. The minimum Gasteiger partial charge on any atom is -0.456 e. The van der Waals surface area contributed by atoms with Crippen molar-refractivity contribution in [1.29, 1.82) is 0 Å². The van der Waals surface area contributed by atoms with Crippen molar-refractivity contribution in [3.05, 3.63) is 11.3 Å². The molecule has 0 aromatic rings. The van der Waals surface area contributed by atoms with Gasteiger partial charge in [-0.1, -0.05) is 34.8 Å². The number of rotatable bonds is 2. The number of carbonyl (C=O) groups is 2. The van der Waals surface area contributed by atoms with Crippen molar-refractivity contribution in [1.82, 2.24) is 4.90 Å². The molecule has 1 amide bonds. The summed E-state index contributed by atoms with van der Waals surface area (Å²) in [7, 11) is 0. The number of ether oxygens (including phenoxy) is 1. The van der Waals surface area contributed by atoms with E-state index in [1.54, 1.807) is 6.92 Å². The fourth-order valence-electron chi connectivity index (χ4n) is 1.87. The van der Waals surface area contributed by atoms with Gasteiger partial charge in [-0.3, -0.25) is 9.69 Å². The number of nitrogens with two attached hydrogens (primary N) is 1. The number of halogens is 3.